The maximum absolute atomic E-state index is 12.3. The maximum Gasteiger partial charge on any atom is 0.227 e. The lowest BCUT2D eigenvalue weighted by atomic mass is 10.1. The minimum Gasteiger partial charge on any atom is -0.376 e. The summed E-state index contributed by atoms with van der Waals surface area (Å²) >= 11 is 0. The van der Waals surface area contributed by atoms with Gasteiger partial charge in [0, 0.05) is 37.4 Å². The highest BCUT2D eigenvalue weighted by atomic mass is 16.5. The van der Waals surface area contributed by atoms with E-state index in [0.717, 1.165) is 25.1 Å². The van der Waals surface area contributed by atoms with Crippen LogP contribution in [-0.2, 0) is 14.3 Å². The van der Waals surface area contributed by atoms with Gasteiger partial charge < -0.3 is 15.0 Å². The van der Waals surface area contributed by atoms with E-state index in [1.54, 1.807) is 29.2 Å². The van der Waals surface area contributed by atoms with E-state index in [-0.39, 0.29) is 36.0 Å². The Kier molecular flexibility index (Phi) is 4.94. The molecule has 2 aliphatic rings. The summed E-state index contributed by atoms with van der Waals surface area (Å²) in [6.45, 7) is 3.14. The van der Waals surface area contributed by atoms with Gasteiger partial charge in [-0.15, -0.1) is 0 Å². The fourth-order valence-corrected chi connectivity index (χ4v) is 3.17. The highest BCUT2D eigenvalue weighted by Crippen LogP contribution is 2.25. The van der Waals surface area contributed by atoms with Gasteiger partial charge in [0.15, 0.2) is 5.78 Å². The van der Waals surface area contributed by atoms with Crippen LogP contribution in [0.4, 0.5) is 5.69 Å². The van der Waals surface area contributed by atoms with Crippen LogP contribution in [0.15, 0.2) is 24.3 Å². The molecule has 1 aromatic rings. The van der Waals surface area contributed by atoms with E-state index in [1.807, 2.05) is 0 Å². The lowest BCUT2D eigenvalue weighted by molar-refractivity contribution is -0.126. The van der Waals surface area contributed by atoms with Crippen LogP contribution in [0.3, 0.4) is 0 Å². The van der Waals surface area contributed by atoms with E-state index in [0.29, 0.717) is 18.7 Å². The van der Waals surface area contributed by atoms with Gasteiger partial charge in [0.2, 0.25) is 11.8 Å². The molecule has 1 aromatic carbocycles. The number of rotatable bonds is 5. The van der Waals surface area contributed by atoms with Crippen molar-refractivity contribution in [2.75, 3.05) is 24.6 Å². The molecule has 24 heavy (non-hydrogen) atoms. The van der Waals surface area contributed by atoms with Crippen LogP contribution < -0.4 is 10.2 Å². The molecule has 128 valence electrons. The van der Waals surface area contributed by atoms with Gasteiger partial charge in [-0.3, -0.25) is 14.4 Å². The Bertz CT molecular complexity index is 635. The van der Waals surface area contributed by atoms with Crippen LogP contribution in [0.5, 0.6) is 0 Å². The zero-order chi connectivity index (χ0) is 17.1. The number of nitrogens with one attached hydrogen (secondary N) is 1. The normalized spacial score (nSPS) is 23.5. The molecule has 0 bridgehead atoms. The molecule has 2 fully saturated rings. The molecule has 0 aliphatic carbocycles. The van der Waals surface area contributed by atoms with Crippen molar-refractivity contribution in [3.8, 4) is 0 Å². The first kappa shape index (κ1) is 16.6. The Labute approximate surface area is 141 Å². The minimum absolute atomic E-state index is 0.0133. The van der Waals surface area contributed by atoms with Crippen molar-refractivity contribution in [3.05, 3.63) is 29.8 Å². The first-order valence-corrected chi connectivity index (χ1v) is 8.35. The van der Waals surface area contributed by atoms with E-state index in [1.165, 1.54) is 6.92 Å². The molecule has 2 aliphatic heterocycles. The van der Waals surface area contributed by atoms with Crippen molar-refractivity contribution in [1.82, 2.24) is 5.32 Å². The number of anilines is 1. The molecule has 0 spiro atoms. The molecule has 0 aromatic heterocycles. The standard InChI is InChI=1S/C18H22N2O4/c1-12(21)13-4-6-15(7-5-13)20-11-14(9-17(20)22)18(23)19-10-16-3-2-8-24-16/h4-7,14,16H,2-3,8-11H2,1H3,(H,19,23). The van der Waals surface area contributed by atoms with Gasteiger partial charge in [-0.2, -0.15) is 0 Å². The number of hydrogen-bond donors (Lipinski definition) is 1. The molecule has 0 radical (unpaired) electrons. The summed E-state index contributed by atoms with van der Waals surface area (Å²) < 4.78 is 5.49. The molecule has 1 N–H and O–H groups in total. The Morgan fingerprint density at radius 1 is 1.29 bits per heavy atom. The quantitative estimate of drug-likeness (QED) is 0.831. The highest BCUT2D eigenvalue weighted by Gasteiger charge is 2.35. The topological polar surface area (TPSA) is 75.7 Å². The first-order valence-electron chi connectivity index (χ1n) is 8.35. The van der Waals surface area contributed by atoms with Gasteiger partial charge in [-0.05, 0) is 44.0 Å². The predicted octanol–water partition coefficient (Wildman–Crippen LogP) is 1.54. The molecule has 6 nitrogen and oxygen atoms in total. The molecular formula is C18H22N2O4. The molecule has 3 rings (SSSR count). The van der Waals surface area contributed by atoms with Gasteiger partial charge in [-0.1, -0.05) is 0 Å². The zero-order valence-electron chi connectivity index (χ0n) is 13.8. The molecule has 2 atom stereocenters. The number of carbonyl (C=O) groups is 3. The van der Waals surface area contributed by atoms with Crippen molar-refractivity contribution >= 4 is 23.3 Å². The van der Waals surface area contributed by atoms with E-state index in [2.05, 4.69) is 5.32 Å². The number of ketones is 1. The molecular weight excluding hydrogens is 308 g/mol. The third kappa shape index (κ3) is 3.64. The van der Waals surface area contributed by atoms with Gasteiger partial charge >= 0.3 is 0 Å². The van der Waals surface area contributed by atoms with E-state index < -0.39 is 0 Å². The van der Waals surface area contributed by atoms with Gasteiger partial charge in [-0.25, -0.2) is 0 Å². The number of ether oxygens (including phenoxy) is 1. The van der Waals surface area contributed by atoms with Crippen LogP contribution in [0, 0.1) is 5.92 Å². The van der Waals surface area contributed by atoms with Crippen LogP contribution >= 0.6 is 0 Å². The number of nitrogens with zero attached hydrogens (tertiary/aromatic N) is 1. The van der Waals surface area contributed by atoms with Crippen molar-refractivity contribution in [3.63, 3.8) is 0 Å². The fourth-order valence-electron chi connectivity index (χ4n) is 3.17. The molecule has 2 saturated heterocycles. The summed E-state index contributed by atoms with van der Waals surface area (Å²) in [5, 5.41) is 2.90. The van der Waals surface area contributed by atoms with Crippen molar-refractivity contribution in [2.45, 2.75) is 32.3 Å². The van der Waals surface area contributed by atoms with Crippen LogP contribution in [0.25, 0.3) is 0 Å². The summed E-state index contributed by atoms with van der Waals surface area (Å²) in [5.74, 6) is -0.517. The Balaban J connectivity index is 1.58. The first-order chi connectivity index (χ1) is 11.5. The van der Waals surface area contributed by atoms with E-state index in [9.17, 15) is 14.4 Å². The summed E-state index contributed by atoms with van der Waals surface area (Å²) in [7, 11) is 0. The average Bonchev–Trinajstić information content (AvgIpc) is 3.22. The summed E-state index contributed by atoms with van der Waals surface area (Å²) in [4.78, 5) is 37.4. The molecule has 6 heteroatoms. The second-order valence-corrected chi connectivity index (χ2v) is 6.39. The lowest BCUT2D eigenvalue weighted by Crippen LogP contribution is -2.37. The van der Waals surface area contributed by atoms with Gasteiger partial charge in [0.25, 0.3) is 0 Å². The Morgan fingerprint density at radius 3 is 2.67 bits per heavy atom. The van der Waals surface area contributed by atoms with Crippen LogP contribution in [0.2, 0.25) is 0 Å². The Hall–Kier alpha value is -2.21. The average molecular weight is 330 g/mol. The monoisotopic (exact) mass is 330 g/mol. The number of benzene rings is 1. The van der Waals surface area contributed by atoms with Gasteiger partial charge in [0.1, 0.15) is 0 Å². The lowest BCUT2D eigenvalue weighted by Gasteiger charge is -2.17. The molecule has 0 saturated carbocycles. The Morgan fingerprint density at radius 2 is 2.04 bits per heavy atom. The smallest absolute Gasteiger partial charge is 0.227 e. The second kappa shape index (κ2) is 7.13. The van der Waals surface area contributed by atoms with Crippen LogP contribution in [0.1, 0.15) is 36.5 Å². The van der Waals surface area contributed by atoms with E-state index >= 15 is 0 Å². The van der Waals surface area contributed by atoms with Crippen LogP contribution in [-0.4, -0.2) is 43.4 Å². The predicted molar refractivity (Wildman–Crippen MR) is 88.9 cm³/mol. The second-order valence-electron chi connectivity index (χ2n) is 6.39. The van der Waals surface area contributed by atoms with Gasteiger partial charge in [0.05, 0.1) is 12.0 Å². The van der Waals surface area contributed by atoms with Crippen molar-refractivity contribution in [1.29, 1.82) is 0 Å². The summed E-state index contributed by atoms with van der Waals surface area (Å²) in [5.41, 5.74) is 1.33. The fraction of sp³-hybridized carbons (Fsp3) is 0.500. The van der Waals surface area contributed by atoms with Crippen molar-refractivity contribution < 1.29 is 19.1 Å². The maximum atomic E-state index is 12.3. The zero-order valence-corrected chi connectivity index (χ0v) is 13.8. The number of Topliss-reactive ketones (excluding diaryl/α,β-unsaturated/α-hetero) is 1. The highest BCUT2D eigenvalue weighted by molar-refractivity contribution is 6.01. The summed E-state index contributed by atoms with van der Waals surface area (Å²) in [6, 6.07) is 6.91. The largest absolute Gasteiger partial charge is 0.376 e. The minimum atomic E-state index is -0.341. The number of carbonyl (C=O) groups excluding carboxylic acids is 3. The summed E-state index contributed by atoms with van der Waals surface area (Å²) in [6.07, 6.45) is 2.32. The molecule has 2 amide bonds. The van der Waals surface area contributed by atoms with Crippen molar-refractivity contribution in [2.24, 2.45) is 5.92 Å². The number of hydrogen-bond acceptors (Lipinski definition) is 4. The van der Waals surface area contributed by atoms with E-state index in [4.69, 9.17) is 4.74 Å². The SMILES string of the molecule is CC(=O)c1ccc(N2CC(C(=O)NCC3CCCO3)CC2=O)cc1. The number of amides is 2. The third-order valence-electron chi connectivity index (χ3n) is 4.61. The molecule has 2 heterocycles. The molecule has 2 unspecified atom stereocenters. The third-order valence-corrected chi connectivity index (χ3v) is 4.61.